The average Bonchev–Trinajstić information content (AvgIpc) is 2.36. The number of nitrogens with one attached hydrogen (secondary N) is 1. The maximum atomic E-state index is 5.79. The molecule has 0 bridgehead atoms. The van der Waals surface area contributed by atoms with Crippen molar-refractivity contribution in [2.75, 3.05) is 13.2 Å². The summed E-state index contributed by atoms with van der Waals surface area (Å²) in [5.74, 6) is 0. The topological polar surface area (TPSA) is 34.1 Å². The van der Waals surface area contributed by atoms with Crippen LogP contribution in [0.3, 0.4) is 0 Å². The lowest BCUT2D eigenvalue weighted by molar-refractivity contribution is 0.0607. The lowest BCUT2D eigenvalue weighted by Gasteiger charge is -2.14. The van der Waals surface area contributed by atoms with E-state index in [2.05, 4.69) is 31.1 Å². The van der Waals surface area contributed by atoms with Gasteiger partial charge in [0.25, 0.3) is 0 Å². The Balaban J connectivity index is 2.01. The van der Waals surface area contributed by atoms with Crippen LogP contribution >= 0.6 is 0 Å². The molecular formula is C15H26N2O. The first-order chi connectivity index (χ1) is 8.68. The van der Waals surface area contributed by atoms with Gasteiger partial charge in [0, 0.05) is 24.4 Å². The standard InChI is InChI=1S/C15H26N2O/c1-13(2)16-11-6-7-14(3)18-12-9-15-8-4-5-10-17-15/h4-5,8,10,13-14,16H,6-7,9,11-12H2,1-3H3. The Labute approximate surface area is 111 Å². The molecule has 1 heterocycles. The van der Waals surface area contributed by atoms with Crippen LogP contribution in [0, 0.1) is 0 Å². The van der Waals surface area contributed by atoms with Crippen LogP contribution in [0.25, 0.3) is 0 Å². The van der Waals surface area contributed by atoms with Crippen LogP contribution in [0.2, 0.25) is 0 Å². The van der Waals surface area contributed by atoms with E-state index in [4.69, 9.17) is 4.74 Å². The van der Waals surface area contributed by atoms with Crippen LogP contribution in [0.5, 0.6) is 0 Å². The zero-order valence-corrected chi connectivity index (χ0v) is 11.9. The van der Waals surface area contributed by atoms with E-state index in [0.717, 1.165) is 31.7 Å². The van der Waals surface area contributed by atoms with Gasteiger partial charge in [0.05, 0.1) is 12.7 Å². The summed E-state index contributed by atoms with van der Waals surface area (Å²) in [7, 11) is 0. The summed E-state index contributed by atoms with van der Waals surface area (Å²) in [6.07, 6.45) is 5.35. The molecule has 0 aliphatic rings. The Morgan fingerprint density at radius 2 is 2.11 bits per heavy atom. The molecule has 1 unspecified atom stereocenters. The Morgan fingerprint density at radius 3 is 2.78 bits per heavy atom. The molecule has 3 nitrogen and oxygen atoms in total. The van der Waals surface area contributed by atoms with Crippen LogP contribution < -0.4 is 5.32 Å². The zero-order valence-electron chi connectivity index (χ0n) is 11.9. The monoisotopic (exact) mass is 250 g/mol. The van der Waals surface area contributed by atoms with Gasteiger partial charge in [0.1, 0.15) is 0 Å². The second-order valence-electron chi connectivity index (χ2n) is 5.00. The molecule has 0 spiro atoms. The normalized spacial score (nSPS) is 12.9. The van der Waals surface area contributed by atoms with Crippen molar-refractivity contribution < 1.29 is 4.74 Å². The predicted octanol–water partition coefficient (Wildman–Crippen LogP) is 2.81. The minimum Gasteiger partial charge on any atom is -0.378 e. The van der Waals surface area contributed by atoms with Crippen molar-refractivity contribution in [2.45, 2.75) is 52.2 Å². The number of ether oxygens (including phenoxy) is 1. The molecule has 0 aliphatic carbocycles. The van der Waals surface area contributed by atoms with Crippen molar-refractivity contribution in [3.8, 4) is 0 Å². The molecule has 102 valence electrons. The van der Waals surface area contributed by atoms with Crippen molar-refractivity contribution in [2.24, 2.45) is 0 Å². The Morgan fingerprint density at radius 1 is 1.28 bits per heavy atom. The smallest absolute Gasteiger partial charge is 0.0547 e. The summed E-state index contributed by atoms with van der Waals surface area (Å²) in [5.41, 5.74) is 1.10. The Hall–Kier alpha value is -0.930. The maximum Gasteiger partial charge on any atom is 0.0547 e. The molecule has 0 aromatic carbocycles. The first kappa shape index (κ1) is 15.1. The molecule has 1 aromatic rings. The molecule has 3 heteroatoms. The van der Waals surface area contributed by atoms with Gasteiger partial charge in [-0.1, -0.05) is 19.9 Å². The van der Waals surface area contributed by atoms with Crippen molar-refractivity contribution in [1.29, 1.82) is 0 Å². The van der Waals surface area contributed by atoms with Gasteiger partial charge in [0.15, 0.2) is 0 Å². The van der Waals surface area contributed by atoms with Crippen molar-refractivity contribution >= 4 is 0 Å². The minimum atomic E-state index is 0.336. The predicted molar refractivity (Wildman–Crippen MR) is 75.7 cm³/mol. The second kappa shape index (κ2) is 9.06. The van der Waals surface area contributed by atoms with Crippen molar-refractivity contribution in [3.05, 3.63) is 30.1 Å². The number of hydrogen-bond donors (Lipinski definition) is 1. The lowest BCUT2D eigenvalue weighted by Crippen LogP contribution is -2.24. The fourth-order valence-corrected chi connectivity index (χ4v) is 1.77. The summed E-state index contributed by atoms with van der Waals surface area (Å²) in [6, 6.07) is 6.57. The fraction of sp³-hybridized carbons (Fsp3) is 0.667. The summed E-state index contributed by atoms with van der Waals surface area (Å²) in [6.45, 7) is 8.33. The van der Waals surface area contributed by atoms with Crippen LogP contribution in [-0.4, -0.2) is 30.3 Å². The van der Waals surface area contributed by atoms with Gasteiger partial charge in [-0.15, -0.1) is 0 Å². The second-order valence-corrected chi connectivity index (χ2v) is 5.00. The summed E-state index contributed by atoms with van der Waals surface area (Å²) in [5, 5.41) is 3.42. The highest BCUT2D eigenvalue weighted by molar-refractivity contribution is 5.03. The molecule has 0 radical (unpaired) electrons. The highest BCUT2D eigenvalue weighted by Gasteiger charge is 2.02. The molecule has 1 rings (SSSR count). The van der Waals surface area contributed by atoms with Gasteiger partial charge in [-0.25, -0.2) is 0 Å². The third kappa shape index (κ3) is 7.41. The molecule has 0 aliphatic heterocycles. The fourth-order valence-electron chi connectivity index (χ4n) is 1.77. The largest absolute Gasteiger partial charge is 0.378 e. The van der Waals surface area contributed by atoms with Gasteiger partial charge in [-0.3, -0.25) is 4.98 Å². The van der Waals surface area contributed by atoms with Crippen LogP contribution in [0.4, 0.5) is 0 Å². The van der Waals surface area contributed by atoms with Crippen molar-refractivity contribution in [3.63, 3.8) is 0 Å². The van der Waals surface area contributed by atoms with Gasteiger partial charge in [0.2, 0.25) is 0 Å². The Bertz CT molecular complexity index is 301. The molecule has 1 aromatic heterocycles. The number of pyridine rings is 1. The highest BCUT2D eigenvalue weighted by atomic mass is 16.5. The number of aromatic nitrogens is 1. The molecule has 0 fully saturated rings. The SMILES string of the molecule is CC(C)NCCCC(C)OCCc1ccccn1. The van der Waals surface area contributed by atoms with Crippen LogP contribution in [0.15, 0.2) is 24.4 Å². The van der Waals surface area contributed by atoms with Gasteiger partial charge < -0.3 is 10.1 Å². The van der Waals surface area contributed by atoms with Gasteiger partial charge in [-0.05, 0) is 38.4 Å². The van der Waals surface area contributed by atoms with Gasteiger partial charge >= 0.3 is 0 Å². The van der Waals surface area contributed by atoms with Gasteiger partial charge in [-0.2, -0.15) is 0 Å². The lowest BCUT2D eigenvalue weighted by atomic mass is 10.2. The first-order valence-electron chi connectivity index (χ1n) is 6.93. The van der Waals surface area contributed by atoms with Crippen LogP contribution in [-0.2, 0) is 11.2 Å². The average molecular weight is 250 g/mol. The summed E-state index contributed by atoms with van der Waals surface area (Å²) in [4.78, 5) is 4.28. The van der Waals surface area contributed by atoms with E-state index in [9.17, 15) is 0 Å². The van der Waals surface area contributed by atoms with E-state index in [-0.39, 0.29) is 0 Å². The number of nitrogens with zero attached hydrogens (tertiary/aromatic N) is 1. The minimum absolute atomic E-state index is 0.336. The van der Waals surface area contributed by atoms with E-state index in [1.165, 1.54) is 6.42 Å². The van der Waals surface area contributed by atoms with E-state index in [1.54, 1.807) is 0 Å². The number of hydrogen-bond acceptors (Lipinski definition) is 3. The number of rotatable bonds is 9. The molecule has 1 N–H and O–H groups in total. The molecule has 0 saturated heterocycles. The zero-order chi connectivity index (χ0) is 13.2. The highest BCUT2D eigenvalue weighted by Crippen LogP contribution is 2.03. The Kier molecular flexibility index (Phi) is 7.62. The van der Waals surface area contributed by atoms with Crippen LogP contribution in [0.1, 0.15) is 39.3 Å². The van der Waals surface area contributed by atoms with E-state index in [0.29, 0.717) is 12.1 Å². The van der Waals surface area contributed by atoms with E-state index >= 15 is 0 Å². The third-order valence-electron chi connectivity index (χ3n) is 2.83. The maximum absolute atomic E-state index is 5.79. The molecule has 1 atom stereocenters. The molecule has 0 saturated carbocycles. The van der Waals surface area contributed by atoms with E-state index in [1.807, 2.05) is 24.4 Å². The third-order valence-corrected chi connectivity index (χ3v) is 2.83. The molecule has 0 amide bonds. The summed E-state index contributed by atoms with van der Waals surface area (Å²) >= 11 is 0. The van der Waals surface area contributed by atoms with E-state index < -0.39 is 0 Å². The molecule has 18 heavy (non-hydrogen) atoms. The molecular weight excluding hydrogens is 224 g/mol. The first-order valence-corrected chi connectivity index (χ1v) is 6.93. The van der Waals surface area contributed by atoms with Crippen molar-refractivity contribution in [1.82, 2.24) is 10.3 Å². The quantitative estimate of drug-likeness (QED) is 0.684. The summed E-state index contributed by atoms with van der Waals surface area (Å²) < 4.78 is 5.79.